The molecule has 0 saturated carbocycles. The van der Waals surface area contributed by atoms with E-state index in [1.54, 1.807) is 5.43 Å². The molecule has 150 valence electrons. The van der Waals surface area contributed by atoms with Crippen molar-refractivity contribution in [3.63, 3.8) is 0 Å². The van der Waals surface area contributed by atoms with Crippen LogP contribution in [0, 0.1) is 10.1 Å². The summed E-state index contributed by atoms with van der Waals surface area (Å²) in [5.74, 6) is 3.95. The second-order valence-electron chi connectivity index (χ2n) is 5.38. The van der Waals surface area contributed by atoms with Gasteiger partial charge in [-0.25, -0.2) is 14.3 Å². The predicted octanol–water partition coefficient (Wildman–Crippen LogP) is 1.80. The number of rotatable bonds is 6. The average Bonchev–Trinajstić information content (AvgIpc) is 2.65. The largest absolute Gasteiger partial charge is 0.416 e. The van der Waals surface area contributed by atoms with Gasteiger partial charge in [0.2, 0.25) is 0 Å². The van der Waals surface area contributed by atoms with Crippen LogP contribution in [0.15, 0.2) is 53.4 Å². The zero-order chi connectivity index (χ0) is 21.1. The van der Waals surface area contributed by atoms with Crippen molar-refractivity contribution in [3.05, 3.63) is 64.2 Å². The number of sulfonamides is 1. The number of anilines is 1. The second-order valence-corrected chi connectivity index (χ2v) is 7.24. The number of halogens is 3. The zero-order valence-electron chi connectivity index (χ0n) is 13.9. The van der Waals surface area contributed by atoms with Gasteiger partial charge in [0.15, 0.2) is 0 Å². The van der Waals surface area contributed by atoms with E-state index in [1.165, 1.54) is 0 Å². The summed E-state index contributed by atoms with van der Waals surface area (Å²) in [6, 6.07) is 7.17. The molecule has 0 unspecified atom stereocenters. The first-order valence-corrected chi connectivity index (χ1v) is 8.84. The van der Waals surface area contributed by atoms with Crippen LogP contribution < -0.4 is 15.6 Å². The van der Waals surface area contributed by atoms with E-state index in [1.807, 2.05) is 0 Å². The number of carbonyl (C=O) groups excluding carboxylic acids is 1. The van der Waals surface area contributed by atoms with E-state index in [4.69, 9.17) is 5.84 Å². The number of benzene rings is 2. The van der Waals surface area contributed by atoms with E-state index < -0.39 is 55.4 Å². The number of nitrogens with zero attached hydrogens (tertiary/aromatic N) is 2. The lowest BCUT2D eigenvalue weighted by Gasteiger charge is -2.24. The minimum atomic E-state index is -4.76. The maximum absolute atomic E-state index is 13.0. The standard InChI is InChI=1S/C15H13F3N4O5S/c16-15(17,18)10-3-1-4-11(7-10)21(9-14(23)20-19)28(26,27)13-6-2-5-12(8-13)22(24)25/h1-8H,9,19H2,(H,20,23). The van der Waals surface area contributed by atoms with Crippen LogP contribution in [0.1, 0.15) is 5.56 Å². The first-order chi connectivity index (χ1) is 13.0. The number of hydrazine groups is 1. The highest BCUT2D eigenvalue weighted by Crippen LogP contribution is 2.33. The van der Waals surface area contributed by atoms with Gasteiger partial charge in [-0.15, -0.1) is 0 Å². The van der Waals surface area contributed by atoms with Gasteiger partial charge in [0.25, 0.3) is 21.6 Å². The fourth-order valence-corrected chi connectivity index (χ4v) is 3.67. The number of nitro groups is 1. The topological polar surface area (TPSA) is 136 Å². The Morgan fingerprint density at radius 1 is 1.18 bits per heavy atom. The Morgan fingerprint density at radius 3 is 2.39 bits per heavy atom. The van der Waals surface area contributed by atoms with Crippen molar-refractivity contribution < 1.29 is 31.3 Å². The average molecular weight is 418 g/mol. The van der Waals surface area contributed by atoms with Crippen LogP contribution in [0.3, 0.4) is 0 Å². The third-order valence-electron chi connectivity index (χ3n) is 3.53. The summed E-state index contributed by atoms with van der Waals surface area (Å²) in [6.07, 6.45) is -4.76. The van der Waals surface area contributed by atoms with Crippen molar-refractivity contribution in [2.24, 2.45) is 5.84 Å². The molecule has 0 aliphatic rings. The van der Waals surface area contributed by atoms with E-state index >= 15 is 0 Å². The minimum absolute atomic E-state index is 0.378. The summed E-state index contributed by atoms with van der Waals surface area (Å²) >= 11 is 0. The van der Waals surface area contributed by atoms with Crippen LogP contribution >= 0.6 is 0 Å². The Labute approximate surface area is 156 Å². The lowest BCUT2D eigenvalue weighted by molar-refractivity contribution is -0.385. The van der Waals surface area contributed by atoms with Crippen LogP contribution in [-0.2, 0) is 21.0 Å². The van der Waals surface area contributed by atoms with E-state index in [2.05, 4.69) is 0 Å². The summed E-state index contributed by atoms with van der Waals surface area (Å²) < 4.78 is 65.2. The maximum atomic E-state index is 13.0. The Bertz CT molecular complexity index is 1010. The Kier molecular flexibility index (Phi) is 5.89. The lowest BCUT2D eigenvalue weighted by Crippen LogP contribution is -2.43. The Morgan fingerprint density at radius 2 is 1.82 bits per heavy atom. The number of amides is 1. The van der Waals surface area contributed by atoms with Gasteiger partial charge in [-0.1, -0.05) is 12.1 Å². The molecule has 0 saturated heterocycles. The van der Waals surface area contributed by atoms with E-state index in [0.29, 0.717) is 10.4 Å². The fraction of sp³-hybridized carbons (Fsp3) is 0.133. The number of hydrogen-bond acceptors (Lipinski definition) is 6. The monoisotopic (exact) mass is 418 g/mol. The molecule has 0 spiro atoms. The summed E-state index contributed by atoms with van der Waals surface area (Å²) in [6.45, 7) is -0.942. The van der Waals surface area contributed by atoms with Crippen LogP contribution in [0.25, 0.3) is 0 Å². The fourth-order valence-electron chi connectivity index (χ4n) is 2.21. The van der Waals surface area contributed by atoms with Gasteiger partial charge in [0.05, 0.1) is 21.1 Å². The van der Waals surface area contributed by atoms with Crippen LogP contribution in [0.2, 0.25) is 0 Å². The molecule has 2 aromatic carbocycles. The molecule has 0 bridgehead atoms. The van der Waals surface area contributed by atoms with Gasteiger partial charge >= 0.3 is 6.18 Å². The molecule has 1 amide bonds. The molecule has 2 aromatic rings. The second kappa shape index (κ2) is 7.82. The first-order valence-electron chi connectivity index (χ1n) is 7.40. The van der Waals surface area contributed by atoms with Gasteiger partial charge in [0, 0.05) is 12.1 Å². The van der Waals surface area contributed by atoms with Gasteiger partial charge in [-0.3, -0.25) is 24.6 Å². The zero-order valence-corrected chi connectivity index (χ0v) is 14.7. The summed E-state index contributed by atoms with van der Waals surface area (Å²) in [5, 5.41) is 10.9. The number of nitrogens with two attached hydrogens (primary N) is 1. The summed E-state index contributed by atoms with van der Waals surface area (Å²) in [4.78, 5) is 21.1. The Balaban J connectivity index is 2.62. The lowest BCUT2D eigenvalue weighted by atomic mass is 10.2. The number of non-ortho nitro benzene ring substituents is 1. The van der Waals surface area contributed by atoms with Crippen molar-refractivity contribution >= 4 is 27.3 Å². The van der Waals surface area contributed by atoms with E-state index in [-0.39, 0.29) is 0 Å². The van der Waals surface area contributed by atoms with Crippen molar-refractivity contribution in [2.75, 3.05) is 10.8 Å². The van der Waals surface area contributed by atoms with Crippen LogP contribution in [0.4, 0.5) is 24.5 Å². The van der Waals surface area contributed by atoms with E-state index in [9.17, 15) is 36.5 Å². The number of alkyl halides is 3. The predicted molar refractivity (Wildman–Crippen MR) is 91.4 cm³/mol. The quantitative estimate of drug-likeness (QED) is 0.318. The van der Waals surface area contributed by atoms with Gasteiger partial charge in [0.1, 0.15) is 6.54 Å². The highest BCUT2D eigenvalue weighted by molar-refractivity contribution is 7.92. The minimum Gasteiger partial charge on any atom is -0.293 e. The van der Waals surface area contributed by atoms with Crippen molar-refractivity contribution in [1.82, 2.24) is 5.43 Å². The van der Waals surface area contributed by atoms with Gasteiger partial charge < -0.3 is 0 Å². The number of nitro benzene ring substituents is 1. The summed E-state index contributed by atoms with van der Waals surface area (Å²) in [5.41, 5.74) is -0.469. The van der Waals surface area contributed by atoms with Crippen molar-refractivity contribution in [1.29, 1.82) is 0 Å². The first kappa shape index (κ1) is 21.1. The highest BCUT2D eigenvalue weighted by atomic mass is 32.2. The third-order valence-corrected chi connectivity index (χ3v) is 5.30. The molecule has 0 fully saturated rings. The van der Waals surface area contributed by atoms with Crippen molar-refractivity contribution in [2.45, 2.75) is 11.1 Å². The molecule has 0 aromatic heterocycles. The molecular formula is C15H13F3N4O5S. The molecule has 3 N–H and O–H groups in total. The summed E-state index contributed by atoms with van der Waals surface area (Å²) in [7, 11) is -4.63. The molecule has 2 rings (SSSR count). The normalized spacial score (nSPS) is 11.7. The van der Waals surface area contributed by atoms with E-state index in [0.717, 1.165) is 42.5 Å². The molecular weight excluding hydrogens is 405 g/mol. The SMILES string of the molecule is NNC(=O)CN(c1cccc(C(F)(F)F)c1)S(=O)(=O)c1cccc([N+](=O)[O-])c1. The molecule has 9 nitrogen and oxygen atoms in total. The maximum Gasteiger partial charge on any atom is 0.416 e. The molecule has 0 aliphatic carbocycles. The number of hydrogen-bond donors (Lipinski definition) is 2. The number of carbonyl (C=O) groups is 1. The third kappa shape index (κ3) is 4.55. The molecule has 0 atom stereocenters. The number of nitrogens with one attached hydrogen (secondary N) is 1. The van der Waals surface area contributed by atoms with Crippen LogP contribution in [0.5, 0.6) is 0 Å². The van der Waals surface area contributed by atoms with Gasteiger partial charge in [-0.2, -0.15) is 13.2 Å². The van der Waals surface area contributed by atoms with Gasteiger partial charge in [-0.05, 0) is 24.3 Å². The molecule has 13 heteroatoms. The molecule has 0 radical (unpaired) electrons. The highest BCUT2D eigenvalue weighted by Gasteiger charge is 2.33. The Hall–Kier alpha value is -3.19. The van der Waals surface area contributed by atoms with Crippen LogP contribution in [-0.4, -0.2) is 25.8 Å². The molecule has 0 heterocycles. The smallest absolute Gasteiger partial charge is 0.293 e. The molecule has 0 aliphatic heterocycles. The van der Waals surface area contributed by atoms with Crippen molar-refractivity contribution in [3.8, 4) is 0 Å². The molecule has 28 heavy (non-hydrogen) atoms.